The fourth-order valence-electron chi connectivity index (χ4n) is 2.77. The maximum atomic E-state index is 13.5. The number of pyridine rings is 1. The molecule has 0 aliphatic rings. The molecule has 0 fully saturated rings. The smallest absolute Gasteiger partial charge is 0.198 e. The number of anilines is 1. The van der Waals surface area contributed by atoms with E-state index >= 15 is 0 Å². The zero-order valence-electron chi connectivity index (χ0n) is 13.5. The molecule has 0 radical (unpaired) electrons. The van der Waals surface area contributed by atoms with Crippen molar-refractivity contribution in [1.29, 1.82) is 0 Å². The lowest BCUT2D eigenvalue weighted by atomic mass is 10.1. The highest BCUT2D eigenvalue weighted by atomic mass is 19.1. The minimum absolute atomic E-state index is 0.247. The highest BCUT2D eigenvalue weighted by Crippen LogP contribution is 2.24. The van der Waals surface area contributed by atoms with Crippen molar-refractivity contribution >= 4 is 11.5 Å². The van der Waals surface area contributed by atoms with Crippen LogP contribution in [0.2, 0.25) is 0 Å². The van der Waals surface area contributed by atoms with E-state index in [1.807, 2.05) is 37.3 Å². The Bertz CT molecular complexity index is 1060. The second kappa shape index (κ2) is 5.94. The van der Waals surface area contributed by atoms with Crippen LogP contribution in [0.1, 0.15) is 17.1 Å². The Morgan fingerprint density at radius 2 is 1.92 bits per heavy atom. The standard InChI is InChI=1S/C18H15FN6/c1-11-16(13-8-14(19)10-21-9-13)23-17(20)18-22-15(24-25(11)18)7-12-5-3-2-4-6-12/h2-6,8-10H,7H2,1H3,(H2,20,23). The Hall–Kier alpha value is -3.35. The average Bonchev–Trinajstić information content (AvgIpc) is 3.04. The number of fused-ring (bicyclic) bond motifs is 1. The van der Waals surface area contributed by atoms with Gasteiger partial charge in [0.15, 0.2) is 17.3 Å². The van der Waals surface area contributed by atoms with E-state index in [9.17, 15) is 4.39 Å². The zero-order valence-corrected chi connectivity index (χ0v) is 13.5. The molecule has 3 heterocycles. The van der Waals surface area contributed by atoms with E-state index in [0.717, 1.165) is 17.5 Å². The number of hydrogen-bond acceptors (Lipinski definition) is 5. The van der Waals surface area contributed by atoms with Gasteiger partial charge in [-0.2, -0.15) is 5.10 Å². The quantitative estimate of drug-likeness (QED) is 0.623. The van der Waals surface area contributed by atoms with Crippen molar-refractivity contribution in [2.75, 3.05) is 5.73 Å². The molecule has 0 atom stereocenters. The summed E-state index contributed by atoms with van der Waals surface area (Å²) in [6.07, 6.45) is 3.29. The molecular formula is C18H15FN6. The third-order valence-electron chi connectivity index (χ3n) is 3.96. The first kappa shape index (κ1) is 15.2. The van der Waals surface area contributed by atoms with Crippen molar-refractivity contribution in [1.82, 2.24) is 24.6 Å². The summed E-state index contributed by atoms with van der Waals surface area (Å²) in [6.45, 7) is 1.85. The lowest BCUT2D eigenvalue weighted by Crippen LogP contribution is -2.05. The van der Waals surface area contributed by atoms with Gasteiger partial charge in [-0.15, -0.1) is 0 Å². The van der Waals surface area contributed by atoms with Gasteiger partial charge in [0.2, 0.25) is 0 Å². The predicted molar refractivity (Wildman–Crippen MR) is 92.4 cm³/mol. The van der Waals surface area contributed by atoms with Gasteiger partial charge in [-0.1, -0.05) is 30.3 Å². The maximum Gasteiger partial charge on any atom is 0.198 e. The van der Waals surface area contributed by atoms with Crippen molar-refractivity contribution in [3.05, 3.63) is 71.7 Å². The van der Waals surface area contributed by atoms with Crippen molar-refractivity contribution in [3.8, 4) is 11.3 Å². The van der Waals surface area contributed by atoms with Crippen molar-refractivity contribution in [3.63, 3.8) is 0 Å². The lowest BCUT2D eigenvalue weighted by Gasteiger charge is -2.08. The summed E-state index contributed by atoms with van der Waals surface area (Å²) >= 11 is 0. The lowest BCUT2D eigenvalue weighted by molar-refractivity contribution is 0.622. The zero-order chi connectivity index (χ0) is 17.4. The summed E-state index contributed by atoms with van der Waals surface area (Å²) in [5, 5.41) is 4.55. The third kappa shape index (κ3) is 2.80. The van der Waals surface area contributed by atoms with Crippen LogP contribution in [-0.4, -0.2) is 24.6 Å². The van der Waals surface area contributed by atoms with Crippen LogP contribution >= 0.6 is 0 Å². The van der Waals surface area contributed by atoms with Crippen LogP contribution < -0.4 is 5.73 Å². The first-order chi connectivity index (χ1) is 12.1. The number of hydrogen-bond donors (Lipinski definition) is 1. The van der Waals surface area contributed by atoms with Gasteiger partial charge in [0.05, 0.1) is 17.6 Å². The van der Waals surface area contributed by atoms with Crippen LogP contribution in [0, 0.1) is 12.7 Å². The van der Waals surface area contributed by atoms with Gasteiger partial charge in [-0.25, -0.2) is 18.9 Å². The highest BCUT2D eigenvalue weighted by molar-refractivity contribution is 5.69. The van der Waals surface area contributed by atoms with Gasteiger partial charge < -0.3 is 5.73 Å². The monoisotopic (exact) mass is 334 g/mol. The second-order valence-corrected chi connectivity index (χ2v) is 5.75. The summed E-state index contributed by atoms with van der Waals surface area (Å²) < 4.78 is 15.1. The van der Waals surface area contributed by atoms with Crippen LogP contribution in [-0.2, 0) is 6.42 Å². The van der Waals surface area contributed by atoms with Gasteiger partial charge in [0.1, 0.15) is 5.82 Å². The van der Waals surface area contributed by atoms with Gasteiger partial charge in [0.25, 0.3) is 0 Å². The highest BCUT2D eigenvalue weighted by Gasteiger charge is 2.16. The number of nitrogen functional groups attached to an aromatic ring is 1. The molecule has 1 aromatic carbocycles. The summed E-state index contributed by atoms with van der Waals surface area (Å²) in [5.74, 6) is 0.467. The topological polar surface area (TPSA) is 82.0 Å². The molecule has 4 rings (SSSR count). The third-order valence-corrected chi connectivity index (χ3v) is 3.96. The summed E-state index contributed by atoms with van der Waals surface area (Å²) in [7, 11) is 0. The van der Waals surface area contributed by atoms with Crippen molar-refractivity contribution < 1.29 is 4.39 Å². The molecule has 3 aromatic heterocycles. The van der Waals surface area contributed by atoms with Crippen LogP contribution in [0.5, 0.6) is 0 Å². The van der Waals surface area contributed by atoms with E-state index in [2.05, 4.69) is 20.1 Å². The molecule has 2 N–H and O–H groups in total. The molecule has 4 aromatic rings. The SMILES string of the molecule is Cc1c(-c2cncc(F)c2)nc(N)c2nc(Cc3ccccc3)nn12. The number of rotatable bonds is 3. The number of aromatic nitrogens is 5. The van der Waals surface area contributed by atoms with Crippen LogP contribution in [0.25, 0.3) is 16.9 Å². The minimum Gasteiger partial charge on any atom is -0.381 e. The molecule has 7 heteroatoms. The minimum atomic E-state index is -0.430. The van der Waals surface area contributed by atoms with E-state index in [-0.39, 0.29) is 5.82 Å². The van der Waals surface area contributed by atoms with Gasteiger partial charge >= 0.3 is 0 Å². The molecule has 0 saturated heterocycles. The fourth-order valence-corrected chi connectivity index (χ4v) is 2.77. The van der Waals surface area contributed by atoms with Crippen LogP contribution in [0.3, 0.4) is 0 Å². The van der Waals surface area contributed by atoms with Gasteiger partial charge in [-0.3, -0.25) is 4.98 Å². The molecule has 6 nitrogen and oxygen atoms in total. The number of nitrogens with zero attached hydrogens (tertiary/aromatic N) is 5. The molecule has 0 unspecified atom stereocenters. The van der Waals surface area contributed by atoms with E-state index in [1.54, 1.807) is 10.7 Å². The summed E-state index contributed by atoms with van der Waals surface area (Å²) in [5.41, 5.74) is 9.47. The molecule has 0 bridgehead atoms. The Morgan fingerprint density at radius 1 is 1.12 bits per heavy atom. The number of halogens is 1. The number of aryl methyl sites for hydroxylation is 1. The summed E-state index contributed by atoms with van der Waals surface area (Å²) in [6, 6.07) is 11.3. The summed E-state index contributed by atoms with van der Waals surface area (Å²) in [4.78, 5) is 12.7. The predicted octanol–water partition coefficient (Wildman–Crippen LogP) is 2.81. The Kier molecular flexibility index (Phi) is 3.61. The van der Waals surface area contributed by atoms with Crippen LogP contribution in [0.4, 0.5) is 10.2 Å². The first-order valence-electron chi connectivity index (χ1n) is 7.78. The second-order valence-electron chi connectivity index (χ2n) is 5.75. The molecule has 124 valence electrons. The van der Waals surface area contributed by atoms with E-state index in [4.69, 9.17) is 5.73 Å². The van der Waals surface area contributed by atoms with E-state index in [1.165, 1.54) is 6.07 Å². The molecular weight excluding hydrogens is 319 g/mol. The van der Waals surface area contributed by atoms with E-state index in [0.29, 0.717) is 29.1 Å². The molecule has 0 aliphatic carbocycles. The van der Waals surface area contributed by atoms with E-state index < -0.39 is 5.82 Å². The Labute approximate surface area is 143 Å². The molecule has 25 heavy (non-hydrogen) atoms. The number of nitrogens with two attached hydrogens (primary N) is 1. The molecule has 0 saturated carbocycles. The van der Waals surface area contributed by atoms with Gasteiger partial charge in [0, 0.05) is 18.2 Å². The number of benzene rings is 1. The van der Waals surface area contributed by atoms with Crippen molar-refractivity contribution in [2.24, 2.45) is 0 Å². The van der Waals surface area contributed by atoms with Crippen LogP contribution in [0.15, 0.2) is 48.8 Å². The largest absolute Gasteiger partial charge is 0.381 e. The maximum absolute atomic E-state index is 13.5. The van der Waals surface area contributed by atoms with Gasteiger partial charge in [-0.05, 0) is 18.6 Å². The fraction of sp³-hybridized carbons (Fsp3) is 0.111. The first-order valence-corrected chi connectivity index (χ1v) is 7.78. The van der Waals surface area contributed by atoms with Crippen molar-refractivity contribution in [2.45, 2.75) is 13.3 Å². The Morgan fingerprint density at radius 3 is 2.68 bits per heavy atom. The normalized spacial score (nSPS) is 11.1. The Balaban J connectivity index is 1.82. The molecule has 0 spiro atoms. The molecule has 0 amide bonds. The average molecular weight is 334 g/mol. The molecule has 0 aliphatic heterocycles.